The Bertz CT molecular complexity index is 1020. The summed E-state index contributed by atoms with van der Waals surface area (Å²) < 4.78 is 12.3. The molecule has 1 aliphatic heterocycles. The van der Waals surface area contributed by atoms with Gasteiger partial charge in [0.05, 0.1) is 35.9 Å². The first-order valence-corrected chi connectivity index (χ1v) is 9.18. The quantitative estimate of drug-likeness (QED) is 0.677. The number of thiazole rings is 1. The van der Waals surface area contributed by atoms with Crippen molar-refractivity contribution in [2.45, 2.75) is 12.5 Å². The monoisotopic (exact) mass is 376 g/mol. The third-order valence-electron chi connectivity index (χ3n) is 4.09. The number of fused-ring (bicyclic) bond motifs is 1. The number of nitrogens with zero attached hydrogens (tertiary/aromatic N) is 4. The summed E-state index contributed by atoms with van der Waals surface area (Å²) >= 11 is 1.54. The average Bonchev–Trinajstić information content (AvgIpc) is 3.13. The number of benzene rings is 2. The van der Waals surface area contributed by atoms with Gasteiger partial charge in [-0.3, -0.25) is 4.90 Å². The highest BCUT2D eigenvalue weighted by Gasteiger charge is 2.29. The smallest absolute Gasteiger partial charge is 0.304 e. The Labute approximate surface area is 160 Å². The van der Waals surface area contributed by atoms with E-state index in [1.807, 2.05) is 59.5 Å². The van der Waals surface area contributed by atoms with Gasteiger partial charge < -0.3 is 9.47 Å². The molecule has 0 fully saturated rings. The van der Waals surface area contributed by atoms with Gasteiger partial charge in [-0.1, -0.05) is 23.5 Å². The van der Waals surface area contributed by atoms with Crippen LogP contribution in [0.25, 0.3) is 10.2 Å². The summed E-state index contributed by atoms with van der Waals surface area (Å²) in [5.41, 5.74) is 0.909. The lowest BCUT2D eigenvalue weighted by Gasteiger charge is -2.30. The Morgan fingerprint density at radius 2 is 1.93 bits per heavy atom. The number of rotatable bonds is 4. The van der Waals surface area contributed by atoms with E-state index in [2.05, 4.69) is 11.1 Å². The molecule has 2 heterocycles. The summed E-state index contributed by atoms with van der Waals surface area (Å²) in [4.78, 5) is 11.0. The zero-order chi connectivity index (χ0) is 18.6. The van der Waals surface area contributed by atoms with E-state index in [4.69, 9.17) is 14.5 Å². The minimum absolute atomic E-state index is 0.193. The number of para-hydroxylation sites is 1. The van der Waals surface area contributed by atoms with Crippen LogP contribution in [0.4, 0.5) is 5.13 Å². The van der Waals surface area contributed by atoms with Crippen LogP contribution >= 0.6 is 11.3 Å². The first kappa shape index (κ1) is 17.1. The molecule has 0 bridgehead atoms. The number of aromatic nitrogens is 1. The molecule has 1 aromatic heterocycles. The lowest BCUT2D eigenvalue weighted by atomic mass is 10.2. The number of nitriles is 1. The Morgan fingerprint density at radius 3 is 2.67 bits per heavy atom. The molecule has 134 valence electrons. The third kappa shape index (κ3) is 3.48. The second-order valence-electron chi connectivity index (χ2n) is 5.79. The van der Waals surface area contributed by atoms with Gasteiger partial charge in [0, 0.05) is 6.20 Å². The van der Waals surface area contributed by atoms with Gasteiger partial charge in [-0.15, -0.1) is 0 Å². The van der Waals surface area contributed by atoms with E-state index in [0.29, 0.717) is 18.2 Å². The van der Waals surface area contributed by atoms with Crippen molar-refractivity contribution in [2.75, 3.05) is 12.0 Å². The van der Waals surface area contributed by atoms with Crippen LogP contribution in [0, 0.1) is 11.3 Å². The summed E-state index contributed by atoms with van der Waals surface area (Å²) in [7, 11) is 1.62. The number of anilines is 1. The fourth-order valence-corrected chi connectivity index (χ4v) is 3.78. The SMILES string of the molecule is COc1ccc(OC2=NC=CC(CC#N)N2c2nc3ccccc3s2)cc1. The topological polar surface area (TPSA) is 70.7 Å². The molecule has 0 saturated carbocycles. The van der Waals surface area contributed by atoms with Gasteiger partial charge >= 0.3 is 6.02 Å². The molecule has 7 heteroatoms. The van der Waals surface area contributed by atoms with Gasteiger partial charge in [0.15, 0.2) is 5.13 Å². The van der Waals surface area contributed by atoms with E-state index in [-0.39, 0.29) is 6.04 Å². The van der Waals surface area contributed by atoms with E-state index in [9.17, 15) is 5.26 Å². The number of hydrogen-bond donors (Lipinski definition) is 0. The van der Waals surface area contributed by atoms with Crippen molar-refractivity contribution in [1.82, 2.24) is 4.98 Å². The van der Waals surface area contributed by atoms with Crippen molar-refractivity contribution in [2.24, 2.45) is 4.99 Å². The standard InChI is InChI=1S/C20H16N4O2S/c1-25-15-6-8-16(9-7-15)26-19-22-13-11-14(10-12-21)24(19)20-23-17-4-2-3-5-18(17)27-20/h2-9,11,13-14H,10H2,1H3. The second-order valence-corrected chi connectivity index (χ2v) is 6.80. The van der Waals surface area contributed by atoms with Gasteiger partial charge in [-0.05, 0) is 42.5 Å². The highest BCUT2D eigenvalue weighted by Crippen LogP contribution is 2.32. The number of hydrogen-bond acceptors (Lipinski definition) is 7. The molecule has 0 aliphatic carbocycles. The van der Waals surface area contributed by atoms with Crippen LogP contribution in [0.5, 0.6) is 11.5 Å². The van der Waals surface area contributed by atoms with Crippen LogP contribution in [-0.2, 0) is 0 Å². The number of amidine groups is 1. The molecule has 1 atom stereocenters. The summed E-state index contributed by atoms with van der Waals surface area (Å²) in [6.07, 6.45) is 3.86. The van der Waals surface area contributed by atoms with Crippen molar-refractivity contribution in [3.05, 3.63) is 60.8 Å². The van der Waals surface area contributed by atoms with E-state index < -0.39 is 0 Å². The minimum atomic E-state index is -0.193. The van der Waals surface area contributed by atoms with Crippen LogP contribution in [0.1, 0.15) is 6.42 Å². The fourth-order valence-electron chi connectivity index (χ4n) is 2.76. The molecule has 0 amide bonds. The predicted octanol–water partition coefficient (Wildman–Crippen LogP) is 4.36. The Hall–Kier alpha value is -3.37. The van der Waals surface area contributed by atoms with Crippen molar-refractivity contribution >= 4 is 32.7 Å². The Kier molecular flexibility index (Phi) is 4.73. The van der Waals surface area contributed by atoms with Crippen LogP contribution in [0.15, 0.2) is 65.8 Å². The summed E-state index contributed by atoms with van der Waals surface area (Å²) in [5, 5.41) is 9.98. The molecule has 1 aliphatic rings. The summed E-state index contributed by atoms with van der Waals surface area (Å²) in [5.74, 6) is 1.38. The van der Waals surface area contributed by atoms with Crippen molar-refractivity contribution in [3.63, 3.8) is 0 Å². The molecular formula is C20H16N4O2S. The minimum Gasteiger partial charge on any atom is -0.497 e. The fraction of sp³-hybridized carbons (Fsp3) is 0.150. The normalized spacial score (nSPS) is 16.1. The molecular weight excluding hydrogens is 360 g/mol. The van der Waals surface area contributed by atoms with Gasteiger partial charge in [0.2, 0.25) is 0 Å². The maximum absolute atomic E-state index is 9.23. The van der Waals surface area contributed by atoms with E-state index in [0.717, 1.165) is 21.1 Å². The molecule has 4 rings (SSSR count). The van der Waals surface area contributed by atoms with Crippen LogP contribution in [0.3, 0.4) is 0 Å². The molecule has 0 radical (unpaired) electrons. The molecule has 0 spiro atoms. The van der Waals surface area contributed by atoms with E-state index in [1.165, 1.54) is 0 Å². The lowest BCUT2D eigenvalue weighted by molar-refractivity contribution is 0.413. The number of aliphatic imine (C=N–C) groups is 1. The second kappa shape index (κ2) is 7.48. The zero-order valence-corrected chi connectivity index (χ0v) is 15.4. The molecule has 27 heavy (non-hydrogen) atoms. The number of methoxy groups -OCH3 is 1. The molecule has 6 nitrogen and oxygen atoms in total. The lowest BCUT2D eigenvalue weighted by Crippen LogP contribution is -2.43. The third-order valence-corrected chi connectivity index (χ3v) is 5.12. The average molecular weight is 376 g/mol. The predicted molar refractivity (Wildman–Crippen MR) is 106 cm³/mol. The Balaban J connectivity index is 1.69. The molecule has 3 aromatic rings. The van der Waals surface area contributed by atoms with Gasteiger partial charge in [0.1, 0.15) is 11.5 Å². The number of ether oxygens (including phenoxy) is 2. The molecule has 0 saturated heterocycles. The van der Waals surface area contributed by atoms with Gasteiger partial charge in [-0.2, -0.15) is 5.26 Å². The van der Waals surface area contributed by atoms with Gasteiger partial charge in [0.25, 0.3) is 0 Å². The molecule has 1 unspecified atom stereocenters. The summed E-state index contributed by atoms with van der Waals surface area (Å²) in [6, 6.07) is 17.6. The van der Waals surface area contributed by atoms with E-state index >= 15 is 0 Å². The van der Waals surface area contributed by atoms with Crippen LogP contribution in [-0.4, -0.2) is 24.2 Å². The van der Waals surface area contributed by atoms with Crippen molar-refractivity contribution < 1.29 is 9.47 Å². The van der Waals surface area contributed by atoms with Gasteiger partial charge in [-0.25, -0.2) is 9.98 Å². The highest BCUT2D eigenvalue weighted by molar-refractivity contribution is 7.22. The van der Waals surface area contributed by atoms with Crippen LogP contribution in [0.2, 0.25) is 0 Å². The zero-order valence-electron chi connectivity index (χ0n) is 14.6. The van der Waals surface area contributed by atoms with Crippen LogP contribution < -0.4 is 14.4 Å². The maximum atomic E-state index is 9.23. The molecule has 0 N–H and O–H groups in total. The first-order chi connectivity index (χ1) is 13.3. The maximum Gasteiger partial charge on any atom is 0.304 e. The highest BCUT2D eigenvalue weighted by atomic mass is 32.1. The largest absolute Gasteiger partial charge is 0.497 e. The first-order valence-electron chi connectivity index (χ1n) is 8.36. The van der Waals surface area contributed by atoms with Crippen molar-refractivity contribution in [3.8, 4) is 17.6 Å². The Morgan fingerprint density at radius 1 is 1.15 bits per heavy atom. The molecule has 2 aromatic carbocycles. The summed E-state index contributed by atoms with van der Waals surface area (Å²) in [6.45, 7) is 0. The van der Waals surface area contributed by atoms with E-state index in [1.54, 1.807) is 24.6 Å². The van der Waals surface area contributed by atoms with Crippen molar-refractivity contribution in [1.29, 1.82) is 5.26 Å².